The van der Waals surface area contributed by atoms with Crippen LogP contribution in [0.2, 0.25) is 0 Å². The minimum absolute atomic E-state index is 0.00177. The summed E-state index contributed by atoms with van der Waals surface area (Å²) in [4.78, 5) is 23.4. The average Bonchev–Trinajstić information content (AvgIpc) is 3.28. The molecule has 5 rings (SSSR count). The van der Waals surface area contributed by atoms with E-state index in [0.717, 1.165) is 33.1 Å². The van der Waals surface area contributed by atoms with Gasteiger partial charge in [0, 0.05) is 10.8 Å². The summed E-state index contributed by atoms with van der Waals surface area (Å²) in [6.45, 7) is 2.78. The molecule has 0 radical (unpaired) electrons. The van der Waals surface area contributed by atoms with Crippen molar-refractivity contribution < 1.29 is 13.9 Å². The first-order chi connectivity index (χ1) is 13.7. The number of thiazole rings is 1. The van der Waals surface area contributed by atoms with E-state index < -0.39 is 0 Å². The number of para-hydroxylation sites is 1. The van der Waals surface area contributed by atoms with E-state index >= 15 is 0 Å². The van der Waals surface area contributed by atoms with Gasteiger partial charge in [0.05, 0.1) is 23.8 Å². The second kappa shape index (κ2) is 6.76. The highest BCUT2D eigenvalue weighted by atomic mass is 32.1. The minimum atomic E-state index is -0.0751. The average molecular weight is 391 g/mol. The molecule has 1 amide bonds. The van der Waals surface area contributed by atoms with Crippen LogP contribution in [0, 0.1) is 6.92 Å². The monoisotopic (exact) mass is 391 g/mol. The van der Waals surface area contributed by atoms with Gasteiger partial charge in [-0.15, -0.1) is 11.3 Å². The van der Waals surface area contributed by atoms with E-state index in [4.69, 9.17) is 14.1 Å². The number of hydrogen-bond acceptors (Lipinski definition) is 6. The molecule has 7 heteroatoms. The molecule has 1 aromatic carbocycles. The Morgan fingerprint density at radius 2 is 2.07 bits per heavy atom. The first-order valence-corrected chi connectivity index (χ1v) is 9.84. The molecule has 6 nitrogen and oxygen atoms in total. The summed E-state index contributed by atoms with van der Waals surface area (Å²) in [6.07, 6.45) is 0. The van der Waals surface area contributed by atoms with Crippen molar-refractivity contribution in [1.82, 2.24) is 14.9 Å². The number of benzene rings is 1. The Bertz CT molecular complexity index is 1150. The Kier molecular flexibility index (Phi) is 4.09. The van der Waals surface area contributed by atoms with Gasteiger partial charge in [-0.2, -0.15) is 0 Å². The van der Waals surface area contributed by atoms with Gasteiger partial charge in [-0.3, -0.25) is 4.79 Å². The number of furan rings is 1. The molecule has 3 aromatic heterocycles. The summed E-state index contributed by atoms with van der Waals surface area (Å²) in [7, 11) is 0. The molecule has 0 bridgehead atoms. The second-order valence-corrected chi connectivity index (χ2v) is 7.75. The summed E-state index contributed by atoms with van der Waals surface area (Å²) < 4.78 is 11.6. The summed E-state index contributed by atoms with van der Waals surface area (Å²) in [5.74, 6) is 1.25. The van der Waals surface area contributed by atoms with Crippen LogP contribution in [0.5, 0.6) is 5.75 Å². The van der Waals surface area contributed by atoms with Crippen LogP contribution in [-0.2, 0) is 17.9 Å². The first kappa shape index (κ1) is 16.9. The molecule has 1 aliphatic heterocycles. The van der Waals surface area contributed by atoms with Crippen molar-refractivity contribution >= 4 is 28.2 Å². The van der Waals surface area contributed by atoms with Crippen LogP contribution in [0.15, 0.2) is 52.3 Å². The fourth-order valence-electron chi connectivity index (χ4n) is 3.30. The molecule has 0 N–H and O–H groups in total. The molecular weight excluding hydrogens is 374 g/mol. The van der Waals surface area contributed by atoms with Gasteiger partial charge in [0.25, 0.3) is 5.91 Å². The minimum Gasteiger partial charge on any atom is -0.482 e. The van der Waals surface area contributed by atoms with E-state index in [1.165, 1.54) is 0 Å². The molecule has 4 heterocycles. The third-order valence-electron chi connectivity index (χ3n) is 4.67. The smallest absolute Gasteiger partial charge is 0.261 e. The number of fused-ring (bicyclic) bond motifs is 2. The van der Waals surface area contributed by atoms with Crippen LogP contribution >= 0.6 is 11.3 Å². The zero-order valence-electron chi connectivity index (χ0n) is 15.2. The van der Waals surface area contributed by atoms with Crippen molar-refractivity contribution in [1.29, 1.82) is 0 Å². The SMILES string of the molecule is Cc1nc(CN2Cc3nc(-c4cc5ccccc5o4)ccc3OCC2=O)cs1. The summed E-state index contributed by atoms with van der Waals surface area (Å²) in [5, 5.41) is 3.99. The van der Waals surface area contributed by atoms with Crippen LogP contribution in [0.25, 0.3) is 22.4 Å². The van der Waals surface area contributed by atoms with Crippen molar-refractivity contribution in [2.45, 2.75) is 20.0 Å². The number of rotatable bonds is 3. The van der Waals surface area contributed by atoms with E-state index in [9.17, 15) is 4.79 Å². The summed E-state index contributed by atoms with van der Waals surface area (Å²) >= 11 is 1.58. The van der Waals surface area contributed by atoms with Gasteiger partial charge in [-0.25, -0.2) is 9.97 Å². The van der Waals surface area contributed by atoms with E-state index in [1.54, 1.807) is 16.2 Å². The molecule has 0 unspecified atom stereocenters. The van der Waals surface area contributed by atoms with Gasteiger partial charge >= 0.3 is 0 Å². The van der Waals surface area contributed by atoms with Crippen molar-refractivity contribution in [3.63, 3.8) is 0 Å². The molecule has 140 valence electrons. The maximum atomic E-state index is 12.5. The van der Waals surface area contributed by atoms with Crippen LogP contribution in [0.4, 0.5) is 0 Å². The largest absolute Gasteiger partial charge is 0.482 e. The van der Waals surface area contributed by atoms with Crippen LogP contribution in [0.3, 0.4) is 0 Å². The fraction of sp³-hybridized carbons (Fsp3) is 0.190. The summed E-state index contributed by atoms with van der Waals surface area (Å²) in [5.41, 5.74) is 3.14. The molecule has 0 spiro atoms. The Labute approximate surface area is 165 Å². The molecule has 4 aromatic rings. The third-order valence-corrected chi connectivity index (χ3v) is 5.50. The van der Waals surface area contributed by atoms with Gasteiger partial charge in [-0.05, 0) is 31.2 Å². The van der Waals surface area contributed by atoms with E-state index in [2.05, 4.69) is 4.98 Å². The van der Waals surface area contributed by atoms with E-state index in [-0.39, 0.29) is 12.5 Å². The maximum absolute atomic E-state index is 12.5. The van der Waals surface area contributed by atoms with Gasteiger partial charge in [0.2, 0.25) is 0 Å². The van der Waals surface area contributed by atoms with Gasteiger partial charge in [0.15, 0.2) is 12.4 Å². The van der Waals surface area contributed by atoms with Gasteiger partial charge in [-0.1, -0.05) is 18.2 Å². The molecule has 1 aliphatic rings. The molecule has 0 fully saturated rings. The Balaban J connectivity index is 1.47. The Morgan fingerprint density at radius 3 is 2.89 bits per heavy atom. The quantitative estimate of drug-likeness (QED) is 0.524. The van der Waals surface area contributed by atoms with Gasteiger partial charge in [0.1, 0.15) is 22.7 Å². The maximum Gasteiger partial charge on any atom is 0.261 e. The predicted octanol–water partition coefficient (Wildman–Crippen LogP) is 4.18. The van der Waals surface area contributed by atoms with E-state index in [1.807, 2.05) is 54.8 Å². The lowest BCUT2D eigenvalue weighted by atomic mass is 10.2. The van der Waals surface area contributed by atoms with Crippen molar-refractivity contribution in [2.24, 2.45) is 0 Å². The molecular formula is C21H17N3O3S. The number of ether oxygens (including phenoxy) is 1. The van der Waals surface area contributed by atoms with Gasteiger partial charge < -0.3 is 14.1 Å². The lowest BCUT2D eigenvalue weighted by Crippen LogP contribution is -2.32. The Hall–Kier alpha value is -3.19. The number of nitrogens with zero attached hydrogens (tertiary/aromatic N) is 3. The first-order valence-electron chi connectivity index (χ1n) is 8.96. The number of amides is 1. The third kappa shape index (κ3) is 3.14. The molecule has 0 atom stereocenters. The molecule has 0 saturated carbocycles. The number of pyridine rings is 1. The van der Waals surface area contributed by atoms with Crippen LogP contribution < -0.4 is 4.74 Å². The predicted molar refractivity (Wildman–Crippen MR) is 106 cm³/mol. The number of aromatic nitrogens is 2. The molecule has 0 saturated heterocycles. The lowest BCUT2D eigenvalue weighted by molar-refractivity contribution is -0.133. The van der Waals surface area contributed by atoms with Crippen LogP contribution in [-0.4, -0.2) is 27.4 Å². The Morgan fingerprint density at radius 1 is 1.18 bits per heavy atom. The normalized spacial score (nSPS) is 14.0. The number of aryl methyl sites for hydroxylation is 1. The fourth-order valence-corrected chi connectivity index (χ4v) is 3.90. The number of hydrogen-bond donors (Lipinski definition) is 0. The van der Waals surface area contributed by atoms with Crippen molar-refractivity contribution in [3.8, 4) is 17.2 Å². The zero-order chi connectivity index (χ0) is 19.1. The molecule has 0 aliphatic carbocycles. The standard InChI is InChI=1S/C21H17N3O3S/c1-13-22-15(12-28-13)9-24-10-17-19(26-11-21(24)25)7-6-16(23-17)20-8-14-4-2-3-5-18(14)27-20/h2-8,12H,9-11H2,1H3. The zero-order valence-corrected chi connectivity index (χ0v) is 16.0. The highest BCUT2D eigenvalue weighted by molar-refractivity contribution is 7.09. The second-order valence-electron chi connectivity index (χ2n) is 6.69. The molecule has 28 heavy (non-hydrogen) atoms. The lowest BCUT2D eigenvalue weighted by Gasteiger charge is -2.18. The van der Waals surface area contributed by atoms with Crippen molar-refractivity contribution in [2.75, 3.05) is 6.61 Å². The topological polar surface area (TPSA) is 68.5 Å². The summed E-state index contributed by atoms with van der Waals surface area (Å²) in [6, 6.07) is 13.5. The highest BCUT2D eigenvalue weighted by Crippen LogP contribution is 2.30. The van der Waals surface area contributed by atoms with Crippen LogP contribution in [0.1, 0.15) is 16.4 Å². The van der Waals surface area contributed by atoms with E-state index in [0.29, 0.717) is 24.6 Å². The highest BCUT2D eigenvalue weighted by Gasteiger charge is 2.24. The number of carbonyl (C=O) groups excluding carboxylic acids is 1. The van der Waals surface area contributed by atoms with Crippen molar-refractivity contribution in [3.05, 3.63) is 64.2 Å². The number of carbonyl (C=O) groups is 1.